The van der Waals surface area contributed by atoms with Gasteiger partial charge in [-0.15, -0.1) is 0 Å². The summed E-state index contributed by atoms with van der Waals surface area (Å²) in [6, 6.07) is 0. The fraction of sp³-hybridized carbons (Fsp3) is 0.895. The van der Waals surface area contributed by atoms with Crippen LogP contribution >= 0.6 is 0 Å². The first-order valence-electron chi connectivity index (χ1n) is 9.47. The molecule has 0 fully saturated rings. The van der Waals surface area contributed by atoms with Crippen LogP contribution in [0, 0.1) is 11.8 Å². The molecule has 0 saturated carbocycles. The van der Waals surface area contributed by atoms with E-state index < -0.39 is 29.9 Å². The average Bonchev–Trinajstić information content (AvgIpc) is 2.58. The number of aliphatic hydroxyl groups excluding tert-OH is 3. The van der Waals surface area contributed by atoms with Gasteiger partial charge in [0.1, 0.15) is 18.3 Å². The van der Waals surface area contributed by atoms with Gasteiger partial charge in [0, 0.05) is 11.8 Å². The fourth-order valence-corrected chi connectivity index (χ4v) is 3.24. The molecule has 2 atom stereocenters. The van der Waals surface area contributed by atoms with E-state index in [1.807, 2.05) is 27.7 Å². The smallest absolute Gasteiger partial charge is 0.167 e. The molecule has 0 spiro atoms. The van der Waals surface area contributed by atoms with Crippen molar-refractivity contribution in [3.63, 3.8) is 0 Å². The molecule has 0 amide bonds. The van der Waals surface area contributed by atoms with E-state index in [9.17, 15) is 24.9 Å². The maximum Gasteiger partial charge on any atom is 0.167 e. The Morgan fingerprint density at radius 2 is 0.875 bits per heavy atom. The second kappa shape index (κ2) is 12.6. The standard InChI is InChI=1S/C19H36O5/c1-5-9-13(10-6-2)15(20)17(22)19(24)18(23)16(21)14(11-7-3)12-8-4/h13-14,17-19,22-24H,5-12H2,1-4H3. The molecule has 0 aliphatic carbocycles. The van der Waals surface area contributed by atoms with E-state index in [2.05, 4.69) is 0 Å². The Labute approximate surface area is 146 Å². The number of aliphatic hydroxyl groups is 3. The zero-order valence-corrected chi connectivity index (χ0v) is 15.7. The number of carbonyl (C=O) groups excluding carboxylic acids is 2. The van der Waals surface area contributed by atoms with Crippen molar-refractivity contribution in [3.05, 3.63) is 0 Å². The fourth-order valence-electron chi connectivity index (χ4n) is 3.24. The molecule has 0 saturated heterocycles. The Morgan fingerprint density at radius 1 is 0.625 bits per heavy atom. The van der Waals surface area contributed by atoms with Crippen LogP contribution in [0.15, 0.2) is 0 Å². The highest BCUT2D eigenvalue weighted by Gasteiger charge is 2.38. The van der Waals surface area contributed by atoms with Crippen LogP contribution < -0.4 is 0 Å². The van der Waals surface area contributed by atoms with Crippen LogP contribution in [-0.2, 0) is 9.59 Å². The minimum Gasteiger partial charge on any atom is -0.387 e. The summed E-state index contributed by atoms with van der Waals surface area (Å²) in [5.41, 5.74) is 0. The van der Waals surface area contributed by atoms with Gasteiger partial charge in [0.25, 0.3) is 0 Å². The Kier molecular flexibility index (Phi) is 12.2. The lowest BCUT2D eigenvalue weighted by Gasteiger charge is -2.27. The summed E-state index contributed by atoms with van der Waals surface area (Å²) in [4.78, 5) is 24.8. The van der Waals surface area contributed by atoms with Crippen molar-refractivity contribution < 1.29 is 24.9 Å². The number of ketones is 2. The van der Waals surface area contributed by atoms with Crippen molar-refractivity contribution >= 4 is 11.6 Å². The Bertz CT molecular complexity index is 323. The molecule has 5 heteroatoms. The first-order valence-corrected chi connectivity index (χ1v) is 9.47. The first kappa shape index (κ1) is 23.2. The zero-order valence-electron chi connectivity index (χ0n) is 15.7. The van der Waals surface area contributed by atoms with E-state index in [-0.39, 0.29) is 11.8 Å². The van der Waals surface area contributed by atoms with Gasteiger partial charge in [-0.05, 0) is 25.7 Å². The minimum atomic E-state index is -1.75. The largest absolute Gasteiger partial charge is 0.387 e. The molecular weight excluding hydrogens is 308 g/mol. The number of hydrogen-bond acceptors (Lipinski definition) is 5. The summed E-state index contributed by atoms with van der Waals surface area (Å²) >= 11 is 0. The monoisotopic (exact) mass is 344 g/mol. The lowest BCUT2D eigenvalue weighted by atomic mass is 9.84. The molecule has 5 nitrogen and oxygen atoms in total. The highest BCUT2D eigenvalue weighted by molar-refractivity contribution is 5.89. The number of carbonyl (C=O) groups is 2. The summed E-state index contributed by atoms with van der Waals surface area (Å²) in [5.74, 6) is -1.62. The molecule has 0 aromatic rings. The second-order valence-electron chi connectivity index (χ2n) is 6.73. The van der Waals surface area contributed by atoms with E-state index in [0.717, 1.165) is 25.7 Å². The Hall–Kier alpha value is -0.780. The Morgan fingerprint density at radius 3 is 1.08 bits per heavy atom. The lowest BCUT2D eigenvalue weighted by Crippen LogP contribution is -2.49. The molecule has 0 aromatic carbocycles. The highest BCUT2D eigenvalue weighted by atomic mass is 16.4. The van der Waals surface area contributed by atoms with Gasteiger partial charge in [-0.3, -0.25) is 9.59 Å². The van der Waals surface area contributed by atoms with Crippen molar-refractivity contribution in [2.45, 2.75) is 97.4 Å². The van der Waals surface area contributed by atoms with Gasteiger partial charge in [-0.1, -0.05) is 53.4 Å². The van der Waals surface area contributed by atoms with Crippen molar-refractivity contribution in [1.82, 2.24) is 0 Å². The molecule has 2 unspecified atom stereocenters. The van der Waals surface area contributed by atoms with E-state index in [4.69, 9.17) is 0 Å². The van der Waals surface area contributed by atoms with Gasteiger partial charge in [0.05, 0.1) is 0 Å². The summed E-state index contributed by atoms with van der Waals surface area (Å²) in [6.07, 6.45) is 0.564. The molecule has 142 valence electrons. The summed E-state index contributed by atoms with van der Waals surface area (Å²) in [6.45, 7) is 7.82. The molecule has 0 radical (unpaired) electrons. The molecule has 24 heavy (non-hydrogen) atoms. The van der Waals surface area contributed by atoms with Gasteiger partial charge in [0.2, 0.25) is 0 Å². The highest BCUT2D eigenvalue weighted by Crippen LogP contribution is 2.22. The molecule has 0 bridgehead atoms. The zero-order chi connectivity index (χ0) is 18.7. The molecule has 0 aliphatic rings. The summed E-state index contributed by atoms with van der Waals surface area (Å²) in [7, 11) is 0. The third kappa shape index (κ3) is 6.99. The second-order valence-corrected chi connectivity index (χ2v) is 6.73. The normalized spacial score (nSPS) is 15.5. The molecule has 0 rings (SSSR count). The summed E-state index contributed by atoms with van der Waals surface area (Å²) < 4.78 is 0. The topological polar surface area (TPSA) is 94.8 Å². The van der Waals surface area contributed by atoms with E-state index >= 15 is 0 Å². The van der Waals surface area contributed by atoms with Crippen molar-refractivity contribution in [1.29, 1.82) is 0 Å². The molecule has 0 aromatic heterocycles. The van der Waals surface area contributed by atoms with E-state index in [0.29, 0.717) is 25.7 Å². The van der Waals surface area contributed by atoms with Crippen molar-refractivity contribution in [3.8, 4) is 0 Å². The lowest BCUT2D eigenvalue weighted by molar-refractivity contribution is -0.151. The number of hydrogen-bond donors (Lipinski definition) is 3. The number of Topliss-reactive ketones (excluding diaryl/α,β-unsaturated/α-hetero) is 2. The SMILES string of the molecule is CCCC(CCC)C(=O)C(O)C(O)C(O)C(=O)C(CCC)CCC. The molecular formula is C19H36O5. The predicted octanol–water partition coefficient (Wildman–Crippen LogP) is 2.64. The predicted molar refractivity (Wildman–Crippen MR) is 94.6 cm³/mol. The van der Waals surface area contributed by atoms with Crippen LogP contribution in [0.25, 0.3) is 0 Å². The van der Waals surface area contributed by atoms with Gasteiger partial charge < -0.3 is 15.3 Å². The van der Waals surface area contributed by atoms with E-state index in [1.54, 1.807) is 0 Å². The van der Waals surface area contributed by atoms with Gasteiger partial charge >= 0.3 is 0 Å². The molecule has 0 heterocycles. The average molecular weight is 344 g/mol. The minimum absolute atomic E-state index is 0.339. The van der Waals surface area contributed by atoms with Crippen molar-refractivity contribution in [2.75, 3.05) is 0 Å². The van der Waals surface area contributed by atoms with Gasteiger partial charge in [0.15, 0.2) is 11.6 Å². The quantitative estimate of drug-likeness (QED) is 0.450. The first-order chi connectivity index (χ1) is 11.3. The van der Waals surface area contributed by atoms with Gasteiger partial charge in [-0.2, -0.15) is 0 Å². The van der Waals surface area contributed by atoms with Crippen LogP contribution in [0.1, 0.15) is 79.1 Å². The van der Waals surface area contributed by atoms with Crippen LogP contribution in [-0.4, -0.2) is 45.2 Å². The van der Waals surface area contributed by atoms with Gasteiger partial charge in [-0.25, -0.2) is 0 Å². The third-order valence-corrected chi connectivity index (χ3v) is 4.58. The van der Waals surface area contributed by atoms with E-state index in [1.165, 1.54) is 0 Å². The van der Waals surface area contributed by atoms with Crippen LogP contribution in [0.4, 0.5) is 0 Å². The number of rotatable bonds is 14. The van der Waals surface area contributed by atoms with Crippen molar-refractivity contribution in [2.24, 2.45) is 11.8 Å². The third-order valence-electron chi connectivity index (χ3n) is 4.58. The van der Waals surface area contributed by atoms with Crippen LogP contribution in [0.2, 0.25) is 0 Å². The Balaban J connectivity index is 4.97. The van der Waals surface area contributed by atoms with Crippen LogP contribution in [0.3, 0.4) is 0 Å². The maximum absolute atomic E-state index is 12.4. The summed E-state index contributed by atoms with van der Waals surface area (Å²) in [5, 5.41) is 30.5. The maximum atomic E-state index is 12.4. The molecule has 3 N–H and O–H groups in total. The van der Waals surface area contributed by atoms with Crippen LogP contribution in [0.5, 0.6) is 0 Å². The molecule has 0 aliphatic heterocycles.